The number of anilines is 2. The monoisotopic (exact) mass is 690 g/mol. The highest BCUT2D eigenvalue weighted by Gasteiger charge is 2.24. The van der Waals surface area contributed by atoms with Gasteiger partial charge >= 0.3 is 12.2 Å². The average molecular weight is 691 g/mol. The number of pyridine rings is 1. The number of hydrogen-bond acceptors (Lipinski definition) is 7. The summed E-state index contributed by atoms with van der Waals surface area (Å²) in [5, 5.41) is 6.03. The first kappa shape index (κ1) is 34.1. The smallest absolute Gasteiger partial charge is 0.434 e. The van der Waals surface area contributed by atoms with Crippen molar-refractivity contribution < 1.29 is 23.5 Å². The second kappa shape index (κ2) is 15.6. The molecule has 0 atom stereocenters. The first-order chi connectivity index (χ1) is 24.3. The molecule has 0 saturated heterocycles. The molecule has 2 N–H and O–H groups in total. The third-order valence-electron chi connectivity index (χ3n) is 7.89. The molecule has 2 heterocycles. The Morgan fingerprint density at radius 2 is 1.48 bits per heavy atom. The fourth-order valence-corrected chi connectivity index (χ4v) is 6.92. The number of aromatic nitrogens is 1. The van der Waals surface area contributed by atoms with Gasteiger partial charge in [-0.15, -0.1) is 11.3 Å². The third kappa shape index (κ3) is 8.08. The molecular weight excluding hydrogens is 656 g/mol. The lowest BCUT2D eigenvalue weighted by atomic mass is 10.0. The van der Waals surface area contributed by atoms with Crippen LogP contribution >= 0.6 is 11.3 Å². The summed E-state index contributed by atoms with van der Waals surface area (Å²) in [5.74, 6) is -0.612. The van der Waals surface area contributed by atoms with Crippen molar-refractivity contribution in [1.82, 2.24) is 9.47 Å². The van der Waals surface area contributed by atoms with E-state index in [0.717, 1.165) is 21.6 Å². The number of fused-ring (bicyclic) bond motifs is 1. The molecule has 2 amide bonds. The molecule has 0 fully saturated rings. The predicted octanol–water partition coefficient (Wildman–Crippen LogP) is 8.73. The molecule has 11 heteroatoms. The summed E-state index contributed by atoms with van der Waals surface area (Å²) >= 11 is 1.39. The molecule has 254 valence electrons. The number of benzene rings is 4. The van der Waals surface area contributed by atoms with Crippen LogP contribution in [-0.4, -0.2) is 35.3 Å². The number of nitrogens with one attached hydrogen (secondary N) is 2. The molecule has 0 spiro atoms. The van der Waals surface area contributed by atoms with Crippen molar-refractivity contribution in [3.8, 4) is 16.2 Å². The molecule has 6 aromatic rings. The Balaban J connectivity index is 1.43. The van der Waals surface area contributed by atoms with Crippen LogP contribution in [0.25, 0.3) is 20.7 Å². The van der Waals surface area contributed by atoms with Crippen molar-refractivity contribution in [1.29, 1.82) is 0 Å². The Kier molecular flexibility index (Phi) is 10.7. The maximum absolute atomic E-state index is 14.9. The number of para-hydroxylation sites is 1. The fourth-order valence-electron chi connectivity index (χ4n) is 5.63. The van der Waals surface area contributed by atoms with Crippen LogP contribution in [0.4, 0.5) is 25.4 Å². The van der Waals surface area contributed by atoms with Gasteiger partial charge < -0.3 is 24.7 Å². The molecule has 50 heavy (non-hydrogen) atoms. The lowest BCUT2D eigenvalue weighted by molar-refractivity contribution is 0.104. The van der Waals surface area contributed by atoms with E-state index in [0.29, 0.717) is 40.2 Å². The number of ether oxygens (including phenoxy) is 2. The second-order valence-corrected chi connectivity index (χ2v) is 12.6. The maximum atomic E-state index is 14.9. The van der Waals surface area contributed by atoms with E-state index >= 15 is 0 Å². The van der Waals surface area contributed by atoms with E-state index in [4.69, 9.17) is 9.47 Å². The van der Waals surface area contributed by atoms with Crippen LogP contribution in [0.2, 0.25) is 0 Å². The molecular formula is C39H35FN4O5S. The van der Waals surface area contributed by atoms with E-state index in [9.17, 15) is 18.8 Å². The zero-order chi connectivity index (χ0) is 35.0. The number of rotatable bonds is 11. The van der Waals surface area contributed by atoms with Gasteiger partial charge in [-0.25, -0.2) is 14.0 Å². The molecule has 2 aromatic heterocycles. The number of carbonyl (C=O) groups excluding carboxylic acids is 2. The van der Waals surface area contributed by atoms with Crippen LogP contribution in [0.1, 0.15) is 23.6 Å². The van der Waals surface area contributed by atoms with E-state index in [2.05, 4.69) is 15.5 Å². The molecule has 0 bridgehead atoms. The van der Waals surface area contributed by atoms with E-state index < -0.39 is 17.4 Å². The Hall–Kier alpha value is -5.78. The van der Waals surface area contributed by atoms with Crippen LogP contribution in [0.15, 0.2) is 120 Å². The first-order valence-corrected chi connectivity index (χ1v) is 16.8. The predicted molar refractivity (Wildman–Crippen MR) is 195 cm³/mol. The van der Waals surface area contributed by atoms with Gasteiger partial charge in [0.15, 0.2) is 5.75 Å². The van der Waals surface area contributed by atoms with Crippen molar-refractivity contribution >= 4 is 45.1 Å². The highest BCUT2D eigenvalue weighted by Crippen LogP contribution is 2.40. The normalized spacial score (nSPS) is 11.0. The molecule has 0 saturated carbocycles. The summed E-state index contributed by atoms with van der Waals surface area (Å²) in [6, 6.07) is 32.5. The minimum Gasteiger partial charge on any atom is -0.434 e. The largest absolute Gasteiger partial charge is 0.514 e. The van der Waals surface area contributed by atoms with Crippen LogP contribution in [0.5, 0.6) is 5.75 Å². The average Bonchev–Trinajstić information content (AvgIpc) is 3.48. The van der Waals surface area contributed by atoms with E-state index in [1.165, 1.54) is 23.6 Å². The van der Waals surface area contributed by atoms with Crippen molar-refractivity contribution in [2.75, 3.05) is 24.3 Å². The summed E-state index contributed by atoms with van der Waals surface area (Å²) in [5.41, 5.74) is 3.82. The lowest BCUT2D eigenvalue weighted by Gasteiger charge is -2.18. The van der Waals surface area contributed by atoms with Gasteiger partial charge in [0.1, 0.15) is 10.6 Å². The zero-order valence-corrected chi connectivity index (χ0v) is 28.3. The van der Waals surface area contributed by atoms with Gasteiger partial charge in [0.05, 0.1) is 24.7 Å². The molecule has 4 aromatic carbocycles. The highest BCUT2D eigenvalue weighted by molar-refractivity contribution is 7.22. The zero-order valence-electron chi connectivity index (χ0n) is 27.5. The number of urea groups is 1. The van der Waals surface area contributed by atoms with Crippen molar-refractivity contribution in [2.45, 2.75) is 26.6 Å². The number of amides is 2. The molecule has 0 aliphatic heterocycles. The number of hydrogen-bond donors (Lipinski definition) is 2. The number of thiophene rings is 1. The Bertz CT molecular complexity index is 2170. The minimum atomic E-state index is -1.00. The summed E-state index contributed by atoms with van der Waals surface area (Å²) in [6.45, 7) is 2.78. The Labute approximate surface area is 292 Å². The fraction of sp³-hybridized carbons (Fsp3) is 0.154. The van der Waals surface area contributed by atoms with Crippen molar-refractivity contribution in [3.63, 3.8) is 0 Å². The van der Waals surface area contributed by atoms with E-state index in [1.54, 1.807) is 54.0 Å². The molecule has 6 rings (SSSR count). The summed E-state index contributed by atoms with van der Waals surface area (Å²) in [7, 11) is 1.97. The van der Waals surface area contributed by atoms with Crippen LogP contribution in [-0.2, 0) is 24.4 Å². The molecule has 0 radical (unpaired) electrons. The number of halogens is 1. The highest BCUT2D eigenvalue weighted by atomic mass is 32.1. The number of nitrogens with zero attached hydrogens (tertiary/aromatic N) is 2. The van der Waals surface area contributed by atoms with Gasteiger partial charge in [-0.1, -0.05) is 78.9 Å². The van der Waals surface area contributed by atoms with Crippen LogP contribution < -0.4 is 20.8 Å². The lowest BCUT2D eigenvalue weighted by Crippen LogP contribution is -2.21. The van der Waals surface area contributed by atoms with E-state index in [1.807, 2.05) is 67.7 Å². The minimum absolute atomic E-state index is 0.0708. The molecule has 0 unspecified atom stereocenters. The summed E-state index contributed by atoms with van der Waals surface area (Å²) in [4.78, 5) is 42.8. The Morgan fingerprint density at radius 1 is 0.840 bits per heavy atom. The third-order valence-corrected chi connectivity index (χ3v) is 9.21. The molecule has 0 aliphatic rings. The first-order valence-electron chi connectivity index (χ1n) is 16.0. The summed E-state index contributed by atoms with van der Waals surface area (Å²) < 4.78 is 27.1. The summed E-state index contributed by atoms with van der Waals surface area (Å²) in [6.07, 6.45) is 0.434. The standard InChI is InChI=1S/C39H35FN4O5S/c1-3-48-39(47)49-33-25-44(23-28-14-10-11-17-32(28)40)37-34(35(33)45)31(24-43(2)22-26-12-6-4-7-13-26)36(50-37)27-18-20-30(21-19-27)42-38(46)41-29-15-8-5-9-16-29/h4-21,25H,3,22-24H2,1-2H3,(H2,41,42,46). The molecule has 0 aliphatic carbocycles. The number of carbonyl (C=O) groups is 2. The second-order valence-electron chi connectivity index (χ2n) is 11.6. The van der Waals surface area contributed by atoms with Gasteiger partial charge in [-0.3, -0.25) is 9.69 Å². The quantitative estimate of drug-likeness (QED) is 0.132. The van der Waals surface area contributed by atoms with Gasteiger partial charge in [-0.05, 0) is 61.0 Å². The van der Waals surface area contributed by atoms with Crippen LogP contribution in [0, 0.1) is 5.82 Å². The van der Waals surface area contributed by atoms with Gasteiger partial charge in [0.25, 0.3) is 0 Å². The SMILES string of the molecule is CCOC(=O)Oc1cn(Cc2ccccc2F)c2sc(-c3ccc(NC(=O)Nc4ccccc4)cc3)c(CN(C)Cc3ccccc3)c2c1=O. The van der Waals surface area contributed by atoms with E-state index in [-0.39, 0.29) is 24.9 Å². The van der Waals surface area contributed by atoms with Crippen molar-refractivity contribution in [3.05, 3.63) is 148 Å². The topological polar surface area (TPSA) is 102 Å². The Morgan fingerprint density at radius 3 is 2.16 bits per heavy atom. The van der Waals surface area contributed by atoms with Crippen LogP contribution in [0.3, 0.4) is 0 Å². The van der Waals surface area contributed by atoms with Gasteiger partial charge in [0, 0.05) is 34.9 Å². The van der Waals surface area contributed by atoms with Crippen molar-refractivity contribution in [2.24, 2.45) is 0 Å². The molecule has 9 nitrogen and oxygen atoms in total. The van der Waals surface area contributed by atoms with Gasteiger partial charge in [-0.2, -0.15) is 0 Å². The maximum Gasteiger partial charge on any atom is 0.514 e. The van der Waals surface area contributed by atoms with Gasteiger partial charge in [0.2, 0.25) is 5.43 Å².